The molecule has 1 aromatic carbocycles. The van der Waals surface area contributed by atoms with Crippen LogP contribution in [0.2, 0.25) is 0 Å². The first-order valence-electron chi connectivity index (χ1n) is 8.13. The maximum Gasteiger partial charge on any atom is 0.151 e. The SMILES string of the molecule is Fc1ccc(-c2ccc(N3CCCC(n4cccn4)C3)nn2)cc1. The number of nitrogens with zero attached hydrogens (tertiary/aromatic N) is 5. The van der Waals surface area contributed by atoms with E-state index in [1.54, 1.807) is 12.1 Å². The fourth-order valence-corrected chi connectivity index (χ4v) is 3.14. The Morgan fingerprint density at radius 1 is 1.04 bits per heavy atom. The number of hydrogen-bond donors (Lipinski definition) is 0. The van der Waals surface area contributed by atoms with Gasteiger partial charge in [0, 0.05) is 31.0 Å². The number of piperidine rings is 1. The van der Waals surface area contributed by atoms with Crippen molar-refractivity contribution >= 4 is 5.82 Å². The van der Waals surface area contributed by atoms with E-state index < -0.39 is 0 Å². The van der Waals surface area contributed by atoms with Gasteiger partial charge in [0.2, 0.25) is 0 Å². The average molecular weight is 323 g/mol. The summed E-state index contributed by atoms with van der Waals surface area (Å²) in [5.41, 5.74) is 1.61. The van der Waals surface area contributed by atoms with E-state index in [4.69, 9.17) is 0 Å². The minimum absolute atomic E-state index is 0.249. The third kappa shape index (κ3) is 2.99. The smallest absolute Gasteiger partial charge is 0.151 e. The number of rotatable bonds is 3. The highest BCUT2D eigenvalue weighted by atomic mass is 19.1. The Bertz CT molecular complexity index is 783. The van der Waals surface area contributed by atoms with Crippen molar-refractivity contribution in [1.82, 2.24) is 20.0 Å². The molecule has 24 heavy (non-hydrogen) atoms. The summed E-state index contributed by atoms with van der Waals surface area (Å²) in [6.45, 7) is 1.86. The van der Waals surface area contributed by atoms with Gasteiger partial charge in [-0.3, -0.25) is 4.68 Å². The molecule has 1 aliphatic heterocycles. The van der Waals surface area contributed by atoms with Crippen LogP contribution in [-0.4, -0.2) is 33.1 Å². The van der Waals surface area contributed by atoms with E-state index in [9.17, 15) is 4.39 Å². The summed E-state index contributed by atoms with van der Waals surface area (Å²) in [4.78, 5) is 2.25. The van der Waals surface area contributed by atoms with E-state index in [2.05, 4.69) is 20.2 Å². The van der Waals surface area contributed by atoms with Crippen LogP contribution in [0, 0.1) is 5.82 Å². The van der Waals surface area contributed by atoms with Gasteiger partial charge in [0.25, 0.3) is 0 Å². The molecular weight excluding hydrogens is 305 g/mol. The van der Waals surface area contributed by atoms with Gasteiger partial charge in [0.1, 0.15) is 5.82 Å². The Morgan fingerprint density at radius 2 is 1.92 bits per heavy atom. The van der Waals surface area contributed by atoms with Gasteiger partial charge in [-0.1, -0.05) is 0 Å². The van der Waals surface area contributed by atoms with Crippen LogP contribution < -0.4 is 4.90 Å². The summed E-state index contributed by atoms with van der Waals surface area (Å²) in [5, 5.41) is 13.0. The molecule has 1 atom stereocenters. The number of benzene rings is 1. The van der Waals surface area contributed by atoms with Crippen LogP contribution in [0.4, 0.5) is 10.2 Å². The van der Waals surface area contributed by atoms with Crippen molar-refractivity contribution in [3.63, 3.8) is 0 Å². The van der Waals surface area contributed by atoms with E-state index >= 15 is 0 Å². The third-order valence-corrected chi connectivity index (χ3v) is 4.41. The second kappa shape index (κ2) is 6.39. The molecule has 6 heteroatoms. The highest BCUT2D eigenvalue weighted by Gasteiger charge is 2.22. The summed E-state index contributed by atoms with van der Waals surface area (Å²) in [7, 11) is 0. The Labute approximate surface area is 139 Å². The molecule has 0 saturated carbocycles. The van der Waals surface area contributed by atoms with Crippen LogP contribution >= 0.6 is 0 Å². The third-order valence-electron chi connectivity index (χ3n) is 4.41. The lowest BCUT2D eigenvalue weighted by Gasteiger charge is -2.33. The van der Waals surface area contributed by atoms with Crippen LogP contribution in [-0.2, 0) is 0 Å². The van der Waals surface area contributed by atoms with Gasteiger partial charge in [-0.2, -0.15) is 5.10 Å². The van der Waals surface area contributed by atoms with Gasteiger partial charge in [0.15, 0.2) is 5.82 Å². The first-order chi connectivity index (χ1) is 11.8. The number of anilines is 1. The molecule has 122 valence electrons. The van der Waals surface area contributed by atoms with Crippen molar-refractivity contribution in [2.24, 2.45) is 0 Å². The largest absolute Gasteiger partial charge is 0.353 e. The highest BCUT2D eigenvalue weighted by Crippen LogP contribution is 2.25. The number of hydrogen-bond acceptors (Lipinski definition) is 4. The fourth-order valence-electron chi connectivity index (χ4n) is 3.14. The summed E-state index contributed by atoms with van der Waals surface area (Å²) in [6, 6.07) is 12.5. The minimum Gasteiger partial charge on any atom is -0.353 e. The maximum absolute atomic E-state index is 13.0. The molecule has 0 spiro atoms. The van der Waals surface area contributed by atoms with Gasteiger partial charge in [-0.05, 0) is 55.3 Å². The molecule has 0 aliphatic carbocycles. The van der Waals surface area contributed by atoms with Gasteiger partial charge < -0.3 is 4.90 Å². The molecule has 3 heterocycles. The number of aromatic nitrogens is 4. The summed E-state index contributed by atoms with van der Waals surface area (Å²) in [5.74, 6) is 0.624. The molecule has 5 nitrogen and oxygen atoms in total. The van der Waals surface area contributed by atoms with Gasteiger partial charge in [-0.25, -0.2) is 4.39 Å². The first kappa shape index (κ1) is 14.8. The Morgan fingerprint density at radius 3 is 2.62 bits per heavy atom. The second-order valence-electron chi connectivity index (χ2n) is 6.01. The van der Waals surface area contributed by atoms with Crippen molar-refractivity contribution in [1.29, 1.82) is 0 Å². The predicted molar refractivity (Wildman–Crippen MR) is 90.1 cm³/mol. The van der Waals surface area contributed by atoms with Crippen molar-refractivity contribution in [3.8, 4) is 11.3 Å². The van der Waals surface area contributed by atoms with Crippen LogP contribution in [0.25, 0.3) is 11.3 Å². The zero-order valence-electron chi connectivity index (χ0n) is 13.2. The van der Waals surface area contributed by atoms with E-state index in [-0.39, 0.29) is 5.82 Å². The van der Waals surface area contributed by atoms with Gasteiger partial charge in [-0.15, -0.1) is 10.2 Å². The van der Waals surface area contributed by atoms with Crippen molar-refractivity contribution < 1.29 is 4.39 Å². The van der Waals surface area contributed by atoms with E-state index in [1.807, 2.05) is 35.3 Å². The van der Waals surface area contributed by atoms with Gasteiger partial charge >= 0.3 is 0 Å². The maximum atomic E-state index is 13.0. The van der Waals surface area contributed by atoms with E-state index in [0.29, 0.717) is 6.04 Å². The summed E-state index contributed by atoms with van der Waals surface area (Å²) >= 11 is 0. The lowest BCUT2D eigenvalue weighted by atomic mass is 10.1. The molecule has 0 bridgehead atoms. The minimum atomic E-state index is -0.249. The fraction of sp³-hybridized carbons (Fsp3) is 0.278. The molecule has 0 amide bonds. The summed E-state index contributed by atoms with van der Waals surface area (Å²) < 4.78 is 15.0. The Kier molecular flexibility index (Phi) is 3.94. The monoisotopic (exact) mass is 323 g/mol. The summed E-state index contributed by atoms with van der Waals surface area (Å²) in [6.07, 6.45) is 6.05. The van der Waals surface area contributed by atoms with Crippen molar-refractivity contribution in [3.05, 3.63) is 60.7 Å². The molecule has 4 rings (SSSR count). The lowest BCUT2D eigenvalue weighted by Crippen LogP contribution is -2.37. The quantitative estimate of drug-likeness (QED) is 0.742. The molecule has 1 unspecified atom stereocenters. The van der Waals surface area contributed by atoms with Crippen LogP contribution in [0.15, 0.2) is 54.9 Å². The van der Waals surface area contributed by atoms with Crippen LogP contribution in [0.5, 0.6) is 0 Å². The topological polar surface area (TPSA) is 46.8 Å². The Hall–Kier alpha value is -2.76. The molecule has 2 aromatic heterocycles. The predicted octanol–water partition coefficient (Wildman–Crippen LogP) is 3.32. The molecule has 3 aromatic rings. The Balaban J connectivity index is 1.51. The number of halogens is 1. The highest BCUT2D eigenvalue weighted by molar-refractivity contribution is 5.59. The molecule has 1 aliphatic rings. The second-order valence-corrected chi connectivity index (χ2v) is 6.01. The van der Waals surface area contributed by atoms with Crippen molar-refractivity contribution in [2.75, 3.05) is 18.0 Å². The lowest BCUT2D eigenvalue weighted by molar-refractivity contribution is 0.374. The standard InChI is InChI=1S/C18H18FN5/c19-15-6-4-14(5-7-15)17-8-9-18(22-21-17)23-11-1-3-16(13-23)24-12-2-10-20-24/h2,4-10,12,16H,1,3,11,13H2. The van der Waals surface area contributed by atoms with E-state index in [0.717, 1.165) is 43.0 Å². The van der Waals surface area contributed by atoms with E-state index in [1.165, 1.54) is 12.1 Å². The molecule has 1 fully saturated rings. The normalized spacial score (nSPS) is 17.9. The zero-order chi connectivity index (χ0) is 16.4. The molecule has 1 saturated heterocycles. The van der Waals surface area contributed by atoms with Crippen molar-refractivity contribution in [2.45, 2.75) is 18.9 Å². The first-order valence-corrected chi connectivity index (χ1v) is 8.13. The zero-order valence-corrected chi connectivity index (χ0v) is 13.2. The van der Waals surface area contributed by atoms with Crippen LogP contribution in [0.1, 0.15) is 18.9 Å². The van der Waals surface area contributed by atoms with Crippen LogP contribution in [0.3, 0.4) is 0 Å². The molecular formula is C18H18FN5. The van der Waals surface area contributed by atoms with Gasteiger partial charge in [0.05, 0.1) is 11.7 Å². The molecule has 0 radical (unpaired) electrons. The molecule has 0 N–H and O–H groups in total. The average Bonchev–Trinajstić information content (AvgIpc) is 3.17.